The molecule has 1 atom stereocenters. The summed E-state index contributed by atoms with van der Waals surface area (Å²) in [6, 6.07) is 12.9. The quantitative estimate of drug-likeness (QED) is 0.800. The molecule has 2 aromatic carbocycles. The van der Waals surface area contributed by atoms with Crippen LogP contribution >= 0.6 is 0 Å². The summed E-state index contributed by atoms with van der Waals surface area (Å²) in [5, 5.41) is 9.84. The first kappa shape index (κ1) is 14.5. The van der Waals surface area contributed by atoms with E-state index in [9.17, 15) is 9.00 Å². The maximum Gasteiger partial charge on any atom is 0.307 e. The van der Waals surface area contributed by atoms with Crippen molar-refractivity contribution in [3.63, 3.8) is 0 Å². The minimum atomic E-state index is -1.01. The predicted octanol–water partition coefficient (Wildman–Crippen LogP) is 3.46. The van der Waals surface area contributed by atoms with Gasteiger partial charge >= 0.3 is 5.97 Å². The molecule has 0 saturated carbocycles. The summed E-state index contributed by atoms with van der Waals surface area (Å²) in [5.74, 6) is -0.889. The topological polar surface area (TPSA) is 67.5 Å². The minimum absolute atomic E-state index is 0.0714. The lowest BCUT2D eigenvalue weighted by atomic mass is 10.0. The molecular formula is C17H14O4S. The van der Waals surface area contributed by atoms with E-state index in [0.717, 1.165) is 21.4 Å². The van der Waals surface area contributed by atoms with Crippen molar-refractivity contribution in [2.24, 2.45) is 0 Å². The molecule has 0 amide bonds. The van der Waals surface area contributed by atoms with E-state index in [1.54, 1.807) is 18.6 Å². The molecular weight excluding hydrogens is 300 g/mol. The maximum absolute atomic E-state index is 11.4. The fourth-order valence-electron chi connectivity index (χ4n) is 2.47. The maximum atomic E-state index is 11.4. The highest BCUT2D eigenvalue weighted by Gasteiger charge is 2.13. The fourth-order valence-corrected chi connectivity index (χ4v) is 2.99. The van der Waals surface area contributed by atoms with Gasteiger partial charge in [0, 0.05) is 38.5 Å². The lowest BCUT2D eigenvalue weighted by Gasteiger charge is -2.02. The van der Waals surface area contributed by atoms with E-state index in [-0.39, 0.29) is 6.42 Å². The molecule has 0 saturated heterocycles. The van der Waals surface area contributed by atoms with Gasteiger partial charge in [-0.3, -0.25) is 9.00 Å². The van der Waals surface area contributed by atoms with E-state index in [0.29, 0.717) is 11.1 Å². The van der Waals surface area contributed by atoms with Crippen molar-refractivity contribution in [2.75, 3.05) is 6.26 Å². The van der Waals surface area contributed by atoms with Gasteiger partial charge in [-0.1, -0.05) is 30.3 Å². The first-order valence-electron chi connectivity index (χ1n) is 6.71. The number of hydrogen-bond donors (Lipinski definition) is 1. The molecule has 22 heavy (non-hydrogen) atoms. The van der Waals surface area contributed by atoms with Crippen LogP contribution in [0.15, 0.2) is 58.0 Å². The number of benzene rings is 2. The number of furan rings is 1. The van der Waals surface area contributed by atoms with Crippen molar-refractivity contribution in [2.45, 2.75) is 11.3 Å². The van der Waals surface area contributed by atoms with Crippen molar-refractivity contribution < 1.29 is 18.5 Å². The zero-order valence-electron chi connectivity index (χ0n) is 11.9. The molecule has 0 aliphatic rings. The smallest absolute Gasteiger partial charge is 0.307 e. The lowest BCUT2D eigenvalue weighted by molar-refractivity contribution is -0.136. The number of carboxylic acids is 1. The van der Waals surface area contributed by atoms with Crippen LogP contribution in [0, 0.1) is 0 Å². The number of carbonyl (C=O) groups is 1. The third-order valence-electron chi connectivity index (χ3n) is 3.52. The van der Waals surface area contributed by atoms with Crippen LogP contribution < -0.4 is 0 Å². The summed E-state index contributed by atoms with van der Waals surface area (Å²) in [4.78, 5) is 11.7. The molecule has 0 bridgehead atoms. The minimum Gasteiger partial charge on any atom is -0.481 e. The number of hydrogen-bond acceptors (Lipinski definition) is 3. The number of carboxylic acid groups (broad SMARTS) is 1. The molecule has 4 nitrogen and oxygen atoms in total. The molecule has 0 spiro atoms. The van der Waals surface area contributed by atoms with Crippen LogP contribution in [0.2, 0.25) is 0 Å². The van der Waals surface area contributed by atoms with Crippen LogP contribution in [0.1, 0.15) is 5.56 Å². The van der Waals surface area contributed by atoms with Gasteiger partial charge in [0.15, 0.2) is 0 Å². The molecule has 3 rings (SSSR count). The number of fused-ring (bicyclic) bond motifs is 1. The Morgan fingerprint density at radius 3 is 2.55 bits per heavy atom. The summed E-state index contributed by atoms with van der Waals surface area (Å²) in [6.07, 6.45) is 3.20. The highest BCUT2D eigenvalue weighted by atomic mass is 32.2. The van der Waals surface area contributed by atoms with Crippen molar-refractivity contribution >= 4 is 27.7 Å². The molecule has 5 heteroatoms. The molecule has 0 radical (unpaired) electrons. The molecule has 0 aliphatic carbocycles. The summed E-state index contributed by atoms with van der Waals surface area (Å²) >= 11 is 0. The molecule has 3 aromatic rings. The molecule has 1 aromatic heterocycles. The number of para-hydroxylation sites is 1. The average molecular weight is 314 g/mol. The lowest BCUT2D eigenvalue weighted by Crippen LogP contribution is -1.99. The van der Waals surface area contributed by atoms with Crippen LogP contribution in [-0.2, 0) is 22.0 Å². The summed E-state index contributed by atoms with van der Waals surface area (Å²) in [5.41, 5.74) is 3.10. The Morgan fingerprint density at radius 2 is 1.91 bits per heavy atom. The predicted molar refractivity (Wildman–Crippen MR) is 85.3 cm³/mol. The van der Waals surface area contributed by atoms with Crippen molar-refractivity contribution in [3.05, 3.63) is 54.3 Å². The normalized spacial score (nSPS) is 12.4. The zero-order valence-corrected chi connectivity index (χ0v) is 12.7. The Bertz CT molecular complexity index is 862. The molecule has 1 heterocycles. The van der Waals surface area contributed by atoms with Gasteiger partial charge in [-0.25, -0.2) is 0 Å². The summed E-state index contributed by atoms with van der Waals surface area (Å²) in [6.45, 7) is 0. The second-order valence-electron chi connectivity index (χ2n) is 4.99. The number of aliphatic carboxylic acids is 1. The van der Waals surface area contributed by atoms with E-state index >= 15 is 0 Å². The largest absolute Gasteiger partial charge is 0.481 e. The van der Waals surface area contributed by atoms with E-state index in [1.165, 1.54) is 0 Å². The Balaban J connectivity index is 2.08. The van der Waals surface area contributed by atoms with Crippen LogP contribution in [0.5, 0.6) is 0 Å². The summed E-state index contributed by atoms with van der Waals surface area (Å²) < 4.78 is 17.0. The highest BCUT2D eigenvalue weighted by molar-refractivity contribution is 7.84. The van der Waals surface area contributed by atoms with Gasteiger partial charge in [0.1, 0.15) is 5.58 Å². The van der Waals surface area contributed by atoms with Gasteiger partial charge in [-0.2, -0.15) is 0 Å². The van der Waals surface area contributed by atoms with Crippen LogP contribution in [0.25, 0.3) is 22.1 Å². The van der Waals surface area contributed by atoms with Gasteiger partial charge in [0.25, 0.3) is 0 Å². The molecule has 0 fully saturated rings. The van der Waals surface area contributed by atoms with Gasteiger partial charge in [0.2, 0.25) is 0 Å². The monoisotopic (exact) mass is 314 g/mol. The average Bonchev–Trinajstić information content (AvgIpc) is 2.92. The number of rotatable bonds is 4. The molecule has 1 N–H and O–H groups in total. The van der Waals surface area contributed by atoms with Crippen LogP contribution in [0.3, 0.4) is 0 Å². The fraction of sp³-hybridized carbons (Fsp3) is 0.118. The van der Waals surface area contributed by atoms with Crippen molar-refractivity contribution in [1.29, 1.82) is 0 Å². The standard InChI is InChI=1S/C17H14O4S/c1-22(20)13-7-5-11(6-8-13)15-10-21-17-12(9-16(18)19)3-2-4-14(15)17/h2-8,10H,9H2,1H3,(H,18,19). The van der Waals surface area contributed by atoms with Gasteiger partial charge in [0.05, 0.1) is 12.7 Å². The molecule has 0 aliphatic heterocycles. The Morgan fingerprint density at radius 1 is 1.18 bits per heavy atom. The van der Waals surface area contributed by atoms with Gasteiger partial charge in [-0.15, -0.1) is 0 Å². The van der Waals surface area contributed by atoms with Crippen LogP contribution in [0.4, 0.5) is 0 Å². The first-order valence-corrected chi connectivity index (χ1v) is 8.27. The third-order valence-corrected chi connectivity index (χ3v) is 4.46. The Hall–Kier alpha value is -2.40. The van der Waals surface area contributed by atoms with E-state index < -0.39 is 16.8 Å². The van der Waals surface area contributed by atoms with Crippen LogP contribution in [-0.4, -0.2) is 21.5 Å². The molecule has 112 valence electrons. The Kier molecular flexibility index (Phi) is 3.81. The zero-order chi connectivity index (χ0) is 15.7. The first-order chi connectivity index (χ1) is 10.6. The van der Waals surface area contributed by atoms with E-state index in [2.05, 4.69) is 0 Å². The summed E-state index contributed by atoms with van der Waals surface area (Å²) in [7, 11) is -1.01. The third kappa shape index (κ3) is 2.67. The second kappa shape index (κ2) is 5.77. The second-order valence-corrected chi connectivity index (χ2v) is 6.37. The van der Waals surface area contributed by atoms with Gasteiger partial charge < -0.3 is 9.52 Å². The van der Waals surface area contributed by atoms with Crippen molar-refractivity contribution in [3.8, 4) is 11.1 Å². The van der Waals surface area contributed by atoms with E-state index in [4.69, 9.17) is 9.52 Å². The molecule has 1 unspecified atom stereocenters. The Labute approximate surface area is 129 Å². The van der Waals surface area contributed by atoms with Gasteiger partial charge in [-0.05, 0) is 17.7 Å². The highest BCUT2D eigenvalue weighted by Crippen LogP contribution is 2.32. The van der Waals surface area contributed by atoms with Crippen molar-refractivity contribution in [1.82, 2.24) is 0 Å². The SMILES string of the molecule is CS(=O)c1ccc(-c2coc3c(CC(=O)O)cccc23)cc1. The van der Waals surface area contributed by atoms with E-state index in [1.807, 2.05) is 36.4 Å².